The second-order valence-corrected chi connectivity index (χ2v) is 4.67. The number of hydrogen-bond donors (Lipinski definition) is 3. The van der Waals surface area contributed by atoms with Gasteiger partial charge in [-0.2, -0.15) is 0 Å². The fourth-order valence-electron chi connectivity index (χ4n) is 1.86. The maximum absolute atomic E-state index is 11.4. The first-order chi connectivity index (χ1) is 8.13. The SMILES string of the molecule is CCC(CNC(=O)NCCC1CCC1)C(=O)O. The molecule has 1 atom stereocenters. The predicted molar refractivity (Wildman–Crippen MR) is 64.8 cm³/mol. The molecule has 1 unspecified atom stereocenters. The molecule has 1 saturated carbocycles. The molecule has 1 aliphatic rings. The Morgan fingerprint density at radius 3 is 2.53 bits per heavy atom. The van der Waals surface area contributed by atoms with Gasteiger partial charge in [-0.05, 0) is 18.8 Å². The van der Waals surface area contributed by atoms with E-state index in [2.05, 4.69) is 10.6 Å². The van der Waals surface area contributed by atoms with Gasteiger partial charge in [0.2, 0.25) is 0 Å². The fraction of sp³-hybridized carbons (Fsp3) is 0.833. The Hall–Kier alpha value is -1.26. The van der Waals surface area contributed by atoms with E-state index in [9.17, 15) is 9.59 Å². The number of carboxylic acids is 1. The Balaban J connectivity index is 2.05. The van der Waals surface area contributed by atoms with Gasteiger partial charge in [0.25, 0.3) is 0 Å². The summed E-state index contributed by atoms with van der Waals surface area (Å²) in [6.45, 7) is 2.68. The molecule has 0 aromatic heterocycles. The first kappa shape index (κ1) is 13.8. The van der Waals surface area contributed by atoms with Gasteiger partial charge in [0, 0.05) is 13.1 Å². The van der Waals surface area contributed by atoms with Crippen molar-refractivity contribution in [2.75, 3.05) is 13.1 Å². The number of hydrogen-bond acceptors (Lipinski definition) is 2. The molecule has 0 heterocycles. The van der Waals surface area contributed by atoms with Crippen LogP contribution in [0.25, 0.3) is 0 Å². The second kappa shape index (κ2) is 7.14. The molecule has 0 aromatic carbocycles. The Bertz CT molecular complexity index is 264. The third-order valence-electron chi connectivity index (χ3n) is 3.41. The van der Waals surface area contributed by atoms with Crippen molar-refractivity contribution >= 4 is 12.0 Å². The number of carbonyl (C=O) groups excluding carboxylic acids is 1. The van der Waals surface area contributed by atoms with Crippen molar-refractivity contribution in [3.63, 3.8) is 0 Å². The van der Waals surface area contributed by atoms with Gasteiger partial charge in [0.05, 0.1) is 5.92 Å². The van der Waals surface area contributed by atoms with Crippen LogP contribution < -0.4 is 10.6 Å². The number of aliphatic carboxylic acids is 1. The standard InChI is InChI=1S/C12H22N2O3/c1-2-10(11(15)16)8-14-12(17)13-7-6-9-4-3-5-9/h9-10H,2-8H2,1H3,(H,15,16)(H2,13,14,17). The Labute approximate surface area is 102 Å². The normalized spacial score (nSPS) is 17.0. The zero-order chi connectivity index (χ0) is 12.7. The lowest BCUT2D eigenvalue weighted by molar-refractivity contribution is -0.141. The molecule has 2 amide bonds. The maximum atomic E-state index is 11.4. The predicted octanol–water partition coefficient (Wildman–Crippen LogP) is 1.59. The van der Waals surface area contributed by atoms with Crippen molar-refractivity contribution < 1.29 is 14.7 Å². The van der Waals surface area contributed by atoms with E-state index in [-0.39, 0.29) is 12.6 Å². The lowest BCUT2D eigenvalue weighted by Crippen LogP contribution is -2.40. The highest BCUT2D eigenvalue weighted by Crippen LogP contribution is 2.28. The molecular formula is C12H22N2O3. The highest BCUT2D eigenvalue weighted by molar-refractivity contribution is 5.75. The van der Waals surface area contributed by atoms with Crippen LogP contribution in [0.5, 0.6) is 0 Å². The molecule has 0 radical (unpaired) electrons. The van der Waals surface area contributed by atoms with Gasteiger partial charge in [-0.15, -0.1) is 0 Å². The molecule has 0 aromatic rings. The molecule has 5 heteroatoms. The average Bonchev–Trinajstić information content (AvgIpc) is 2.22. The number of urea groups is 1. The molecule has 98 valence electrons. The summed E-state index contributed by atoms with van der Waals surface area (Å²) in [5.41, 5.74) is 0. The lowest BCUT2D eigenvalue weighted by Gasteiger charge is -2.25. The molecule has 17 heavy (non-hydrogen) atoms. The van der Waals surface area contributed by atoms with Crippen LogP contribution in [0, 0.1) is 11.8 Å². The van der Waals surface area contributed by atoms with Crippen LogP contribution in [0.4, 0.5) is 4.79 Å². The van der Waals surface area contributed by atoms with Crippen molar-refractivity contribution in [3.05, 3.63) is 0 Å². The molecule has 0 spiro atoms. The number of amides is 2. The minimum absolute atomic E-state index is 0.196. The summed E-state index contributed by atoms with van der Waals surface area (Å²) >= 11 is 0. The first-order valence-electron chi connectivity index (χ1n) is 6.38. The van der Waals surface area contributed by atoms with Crippen molar-refractivity contribution in [3.8, 4) is 0 Å². The van der Waals surface area contributed by atoms with Crippen molar-refractivity contribution in [2.24, 2.45) is 11.8 Å². The lowest BCUT2D eigenvalue weighted by atomic mass is 9.83. The number of nitrogens with one attached hydrogen (secondary N) is 2. The summed E-state index contributed by atoms with van der Waals surface area (Å²) in [6.07, 6.45) is 5.43. The van der Waals surface area contributed by atoms with Gasteiger partial charge < -0.3 is 15.7 Å². The summed E-state index contributed by atoms with van der Waals surface area (Å²) < 4.78 is 0. The van der Waals surface area contributed by atoms with Crippen molar-refractivity contribution in [1.29, 1.82) is 0 Å². The van der Waals surface area contributed by atoms with Crippen LogP contribution in [-0.2, 0) is 4.79 Å². The highest BCUT2D eigenvalue weighted by atomic mass is 16.4. The average molecular weight is 242 g/mol. The van der Waals surface area contributed by atoms with Gasteiger partial charge in [0.15, 0.2) is 0 Å². The van der Waals surface area contributed by atoms with Crippen molar-refractivity contribution in [2.45, 2.75) is 39.0 Å². The number of rotatable bonds is 7. The Morgan fingerprint density at radius 2 is 2.06 bits per heavy atom. The monoisotopic (exact) mass is 242 g/mol. The Morgan fingerprint density at radius 1 is 1.35 bits per heavy atom. The quantitative estimate of drug-likeness (QED) is 0.634. The molecule has 3 N–H and O–H groups in total. The van der Waals surface area contributed by atoms with Gasteiger partial charge in [-0.3, -0.25) is 4.79 Å². The van der Waals surface area contributed by atoms with Crippen LogP contribution in [0.15, 0.2) is 0 Å². The van der Waals surface area contributed by atoms with E-state index < -0.39 is 11.9 Å². The van der Waals surface area contributed by atoms with Crippen LogP contribution >= 0.6 is 0 Å². The van der Waals surface area contributed by atoms with E-state index in [4.69, 9.17) is 5.11 Å². The van der Waals surface area contributed by atoms with E-state index in [1.54, 1.807) is 6.92 Å². The molecule has 0 aliphatic heterocycles. The van der Waals surface area contributed by atoms with Gasteiger partial charge >= 0.3 is 12.0 Å². The molecule has 0 bridgehead atoms. The smallest absolute Gasteiger partial charge is 0.314 e. The molecule has 1 rings (SSSR count). The number of carboxylic acid groups (broad SMARTS) is 1. The summed E-state index contributed by atoms with van der Waals surface area (Å²) in [5, 5.41) is 14.2. The summed E-state index contributed by atoms with van der Waals surface area (Å²) in [6, 6.07) is -0.260. The van der Waals surface area contributed by atoms with Crippen LogP contribution in [0.2, 0.25) is 0 Å². The number of carbonyl (C=O) groups is 2. The highest BCUT2D eigenvalue weighted by Gasteiger charge is 2.18. The molecule has 5 nitrogen and oxygen atoms in total. The zero-order valence-corrected chi connectivity index (χ0v) is 10.4. The largest absolute Gasteiger partial charge is 0.481 e. The van der Waals surface area contributed by atoms with Crippen LogP contribution in [-0.4, -0.2) is 30.2 Å². The minimum atomic E-state index is -0.859. The van der Waals surface area contributed by atoms with Gasteiger partial charge in [0.1, 0.15) is 0 Å². The third-order valence-corrected chi connectivity index (χ3v) is 3.41. The fourth-order valence-corrected chi connectivity index (χ4v) is 1.86. The zero-order valence-electron chi connectivity index (χ0n) is 10.4. The van der Waals surface area contributed by atoms with Gasteiger partial charge in [-0.25, -0.2) is 4.79 Å². The first-order valence-corrected chi connectivity index (χ1v) is 6.38. The van der Waals surface area contributed by atoms with Crippen LogP contribution in [0.3, 0.4) is 0 Å². The Kier molecular flexibility index (Phi) is 5.80. The summed E-state index contributed by atoms with van der Waals surface area (Å²) in [7, 11) is 0. The summed E-state index contributed by atoms with van der Waals surface area (Å²) in [5.74, 6) is -0.577. The van der Waals surface area contributed by atoms with Gasteiger partial charge in [-0.1, -0.05) is 26.2 Å². The third kappa shape index (κ3) is 5.06. The maximum Gasteiger partial charge on any atom is 0.314 e. The van der Waals surface area contributed by atoms with E-state index in [1.165, 1.54) is 19.3 Å². The second-order valence-electron chi connectivity index (χ2n) is 4.67. The summed E-state index contributed by atoms with van der Waals surface area (Å²) in [4.78, 5) is 22.1. The minimum Gasteiger partial charge on any atom is -0.481 e. The van der Waals surface area contributed by atoms with Crippen LogP contribution in [0.1, 0.15) is 39.0 Å². The topological polar surface area (TPSA) is 78.4 Å². The van der Waals surface area contributed by atoms with E-state index in [1.807, 2.05) is 0 Å². The van der Waals surface area contributed by atoms with E-state index in [0.717, 1.165) is 12.3 Å². The van der Waals surface area contributed by atoms with Crippen molar-refractivity contribution in [1.82, 2.24) is 10.6 Å². The van der Waals surface area contributed by atoms with E-state index in [0.29, 0.717) is 13.0 Å². The molecular weight excluding hydrogens is 220 g/mol. The molecule has 0 saturated heterocycles. The molecule has 1 aliphatic carbocycles. The van der Waals surface area contributed by atoms with E-state index >= 15 is 0 Å². The molecule has 1 fully saturated rings.